The standard InChI is InChI=1S/C15H26N4O/c1-5-19(6-2)14-8-7-12(10-17-14)18-15(20)13(16)9-11(3)4/h7-8,10-11,13H,5-6,9,16H2,1-4H3,(H,18,20). The molecule has 5 heteroatoms. The zero-order valence-corrected chi connectivity index (χ0v) is 12.9. The highest BCUT2D eigenvalue weighted by Crippen LogP contribution is 2.14. The van der Waals surface area contributed by atoms with Crippen LogP contribution >= 0.6 is 0 Å². The molecule has 0 radical (unpaired) electrons. The van der Waals surface area contributed by atoms with E-state index in [1.165, 1.54) is 0 Å². The topological polar surface area (TPSA) is 71.2 Å². The van der Waals surface area contributed by atoms with Gasteiger partial charge < -0.3 is 16.0 Å². The van der Waals surface area contributed by atoms with Crippen LogP contribution in [0.1, 0.15) is 34.1 Å². The number of nitrogens with one attached hydrogen (secondary N) is 1. The average molecular weight is 278 g/mol. The third-order valence-electron chi connectivity index (χ3n) is 3.16. The van der Waals surface area contributed by atoms with Gasteiger partial charge in [0.05, 0.1) is 17.9 Å². The third kappa shape index (κ3) is 4.81. The first-order valence-electron chi connectivity index (χ1n) is 7.25. The molecule has 112 valence electrons. The Kier molecular flexibility index (Phi) is 6.45. The van der Waals surface area contributed by atoms with Gasteiger partial charge in [0.1, 0.15) is 5.82 Å². The van der Waals surface area contributed by atoms with Crippen LogP contribution in [-0.4, -0.2) is 30.0 Å². The summed E-state index contributed by atoms with van der Waals surface area (Å²) >= 11 is 0. The first-order valence-corrected chi connectivity index (χ1v) is 7.25. The Balaban J connectivity index is 2.63. The van der Waals surface area contributed by atoms with E-state index in [4.69, 9.17) is 5.73 Å². The van der Waals surface area contributed by atoms with Crippen molar-refractivity contribution in [1.82, 2.24) is 4.98 Å². The minimum Gasteiger partial charge on any atom is -0.357 e. The summed E-state index contributed by atoms with van der Waals surface area (Å²) in [5.74, 6) is 1.16. The lowest BCUT2D eigenvalue weighted by molar-refractivity contribution is -0.117. The molecule has 0 aliphatic heterocycles. The average Bonchev–Trinajstić information content (AvgIpc) is 2.41. The van der Waals surface area contributed by atoms with E-state index in [0.29, 0.717) is 18.0 Å². The van der Waals surface area contributed by atoms with E-state index < -0.39 is 6.04 Å². The maximum absolute atomic E-state index is 11.9. The number of pyridine rings is 1. The van der Waals surface area contributed by atoms with E-state index in [0.717, 1.165) is 18.9 Å². The maximum atomic E-state index is 11.9. The summed E-state index contributed by atoms with van der Waals surface area (Å²) in [6.45, 7) is 10.1. The van der Waals surface area contributed by atoms with Crippen molar-refractivity contribution in [3.05, 3.63) is 18.3 Å². The quantitative estimate of drug-likeness (QED) is 0.802. The molecule has 1 aromatic rings. The van der Waals surface area contributed by atoms with E-state index in [1.807, 2.05) is 26.0 Å². The summed E-state index contributed by atoms with van der Waals surface area (Å²) in [6, 6.07) is 3.30. The molecule has 5 nitrogen and oxygen atoms in total. The van der Waals surface area contributed by atoms with Crippen molar-refractivity contribution in [2.45, 2.75) is 40.2 Å². The third-order valence-corrected chi connectivity index (χ3v) is 3.16. The van der Waals surface area contributed by atoms with Crippen molar-refractivity contribution < 1.29 is 4.79 Å². The second-order valence-corrected chi connectivity index (χ2v) is 5.30. The molecular weight excluding hydrogens is 252 g/mol. The fraction of sp³-hybridized carbons (Fsp3) is 0.600. The molecule has 0 saturated carbocycles. The van der Waals surface area contributed by atoms with Crippen molar-refractivity contribution in [3.63, 3.8) is 0 Å². The van der Waals surface area contributed by atoms with E-state index in [-0.39, 0.29) is 5.91 Å². The number of hydrogen-bond donors (Lipinski definition) is 2. The Hall–Kier alpha value is -1.62. The predicted molar refractivity (Wildman–Crippen MR) is 83.9 cm³/mol. The number of anilines is 2. The monoisotopic (exact) mass is 278 g/mol. The molecule has 1 rings (SSSR count). The van der Waals surface area contributed by atoms with Gasteiger partial charge in [0, 0.05) is 13.1 Å². The molecule has 0 aliphatic rings. The Labute approximate surface area is 121 Å². The predicted octanol–water partition coefficient (Wildman–Crippen LogP) is 2.24. The Morgan fingerprint density at radius 3 is 2.45 bits per heavy atom. The number of hydrogen-bond acceptors (Lipinski definition) is 4. The Bertz CT molecular complexity index is 412. The molecule has 1 amide bonds. The van der Waals surface area contributed by atoms with Crippen LogP contribution in [0.5, 0.6) is 0 Å². The highest BCUT2D eigenvalue weighted by molar-refractivity contribution is 5.94. The summed E-state index contributed by atoms with van der Waals surface area (Å²) in [5, 5.41) is 2.80. The molecule has 0 aliphatic carbocycles. The van der Waals surface area contributed by atoms with E-state index in [9.17, 15) is 4.79 Å². The highest BCUT2D eigenvalue weighted by atomic mass is 16.2. The summed E-state index contributed by atoms with van der Waals surface area (Å²) < 4.78 is 0. The van der Waals surface area contributed by atoms with Crippen molar-refractivity contribution in [1.29, 1.82) is 0 Å². The number of rotatable bonds is 7. The van der Waals surface area contributed by atoms with Gasteiger partial charge in [-0.05, 0) is 38.3 Å². The van der Waals surface area contributed by atoms with Gasteiger partial charge in [-0.1, -0.05) is 13.8 Å². The number of aromatic nitrogens is 1. The lowest BCUT2D eigenvalue weighted by atomic mass is 10.0. The largest absolute Gasteiger partial charge is 0.357 e. The molecule has 0 spiro atoms. The number of amides is 1. The number of nitrogens with zero attached hydrogens (tertiary/aromatic N) is 2. The van der Waals surface area contributed by atoms with Crippen molar-refractivity contribution >= 4 is 17.4 Å². The van der Waals surface area contributed by atoms with Crippen LogP contribution in [-0.2, 0) is 4.79 Å². The van der Waals surface area contributed by atoms with Crippen LogP contribution in [0.2, 0.25) is 0 Å². The van der Waals surface area contributed by atoms with Gasteiger partial charge in [-0.3, -0.25) is 4.79 Å². The van der Waals surface area contributed by atoms with Crippen LogP contribution in [0.15, 0.2) is 18.3 Å². The van der Waals surface area contributed by atoms with Gasteiger partial charge in [-0.15, -0.1) is 0 Å². The minimum atomic E-state index is -0.475. The zero-order valence-electron chi connectivity index (χ0n) is 12.9. The van der Waals surface area contributed by atoms with Crippen LogP contribution in [0.25, 0.3) is 0 Å². The molecule has 0 saturated heterocycles. The number of carbonyl (C=O) groups excluding carboxylic acids is 1. The molecule has 1 aromatic heterocycles. The lowest BCUT2D eigenvalue weighted by Gasteiger charge is -2.20. The number of carbonyl (C=O) groups is 1. The highest BCUT2D eigenvalue weighted by Gasteiger charge is 2.15. The van der Waals surface area contributed by atoms with Gasteiger partial charge in [0.15, 0.2) is 0 Å². The normalized spacial score (nSPS) is 12.3. The summed E-state index contributed by atoms with van der Waals surface area (Å²) in [6.07, 6.45) is 2.35. The molecule has 3 N–H and O–H groups in total. The van der Waals surface area contributed by atoms with Crippen LogP contribution in [0, 0.1) is 5.92 Å². The van der Waals surface area contributed by atoms with Crippen LogP contribution in [0.3, 0.4) is 0 Å². The van der Waals surface area contributed by atoms with Gasteiger partial charge >= 0.3 is 0 Å². The van der Waals surface area contributed by atoms with E-state index in [1.54, 1.807) is 6.20 Å². The van der Waals surface area contributed by atoms with Gasteiger partial charge in [-0.2, -0.15) is 0 Å². The number of nitrogens with two attached hydrogens (primary N) is 1. The van der Waals surface area contributed by atoms with Crippen molar-refractivity contribution in [2.75, 3.05) is 23.3 Å². The van der Waals surface area contributed by atoms with Crippen LogP contribution in [0.4, 0.5) is 11.5 Å². The smallest absolute Gasteiger partial charge is 0.241 e. The Morgan fingerprint density at radius 1 is 1.35 bits per heavy atom. The molecule has 1 atom stereocenters. The minimum absolute atomic E-state index is 0.156. The molecule has 0 fully saturated rings. The first-order chi connectivity index (χ1) is 9.47. The summed E-state index contributed by atoms with van der Waals surface area (Å²) in [5.41, 5.74) is 6.53. The Morgan fingerprint density at radius 2 is 2.00 bits per heavy atom. The van der Waals surface area contributed by atoms with Gasteiger partial charge in [0.25, 0.3) is 0 Å². The van der Waals surface area contributed by atoms with E-state index >= 15 is 0 Å². The van der Waals surface area contributed by atoms with Crippen LogP contribution < -0.4 is 16.0 Å². The van der Waals surface area contributed by atoms with Crippen molar-refractivity contribution in [3.8, 4) is 0 Å². The van der Waals surface area contributed by atoms with Gasteiger partial charge in [0.2, 0.25) is 5.91 Å². The summed E-state index contributed by atoms with van der Waals surface area (Å²) in [4.78, 5) is 18.4. The molecular formula is C15H26N4O. The SMILES string of the molecule is CCN(CC)c1ccc(NC(=O)C(N)CC(C)C)cn1. The maximum Gasteiger partial charge on any atom is 0.241 e. The molecule has 0 bridgehead atoms. The lowest BCUT2D eigenvalue weighted by Crippen LogP contribution is -2.36. The molecule has 1 heterocycles. The fourth-order valence-electron chi connectivity index (χ4n) is 2.04. The second-order valence-electron chi connectivity index (χ2n) is 5.30. The first kappa shape index (κ1) is 16.4. The fourth-order valence-corrected chi connectivity index (χ4v) is 2.04. The van der Waals surface area contributed by atoms with E-state index in [2.05, 4.69) is 29.0 Å². The second kappa shape index (κ2) is 7.85. The summed E-state index contributed by atoms with van der Waals surface area (Å²) in [7, 11) is 0. The molecule has 1 unspecified atom stereocenters. The zero-order chi connectivity index (χ0) is 15.1. The molecule has 20 heavy (non-hydrogen) atoms. The van der Waals surface area contributed by atoms with Gasteiger partial charge in [-0.25, -0.2) is 4.98 Å². The molecule has 0 aromatic carbocycles. The van der Waals surface area contributed by atoms with Crippen molar-refractivity contribution in [2.24, 2.45) is 11.7 Å².